The minimum atomic E-state index is -0.0570. The van der Waals surface area contributed by atoms with Gasteiger partial charge in [-0.15, -0.1) is 5.10 Å². The largest absolute Gasteiger partial charge is 0.438 e. The van der Waals surface area contributed by atoms with Crippen LogP contribution in [0, 0.1) is 12.8 Å². The number of rotatable bonds is 9. The fraction of sp³-hybridized carbons (Fsp3) is 0.345. The minimum Gasteiger partial charge on any atom is -0.438 e. The molecule has 0 saturated carbocycles. The summed E-state index contributed by atoms with van der Waals surface area (Å²) in [6.45, 7) is 5.52. The Bertz CT molecular complexity index is 1420. The molecule has 0 spiro atoms. The quantitative estimate of drug-likeness (QED) is 0.238. The predicted octanol–water partition coefficient (Wildman–Crippen LogP) is 6.85. The van der Waals surface area contributed by atoms with Crippen LogP contribution in [0.3, 0.4) is 0 Å². The molecule has 1 aliphatic heterocycles. The minimum absolute atomic E-state index is 0.0570. The number of ether oxygens (including phenoxy) is 1. The molecule has 9 heteroatoms. The van der Waals surface area contributed by atoms with Crippen LogP contribution >= 0.6 is 23.4 Å². The van der Waals surface area contributed by atoms with E-state index in [4.69, 9.17) is 26.4 Å². The number of nitrogens with one attached hydrogen (secondary N) is 2. The molecule has 1 amide bonds. The number of anilines is 1. The smallest absolute Gasteiger partial charge is 0.251 e. The van der Waals surface area contributed by atoms with E-state index in [9.17, 15) is 4.79 Å². The van der Waals surface area contributed by atoms with E-state index >= 15 is 0 Å². The third-order valence-corrected chi connectivity index (χ3v) is 8.01. The summed E-state index contributed by atoms with van der Waals surface area (Å²) in [5.74, 6) is 4.10. The van der Waals surface area contributed by atoms with Crippen molar-refractivity contribution < 1.29 is 9.53 Å². The number of fused-ring (bicyclic) bond motifs is 1. The Morgan fingerprint density at radius 1 is 1.16 bits per heavy atom. The number of aromatic nitrogens is 3. The number of hydrogen-bond donors (Lipinski definition) is 2. The molecule has 0 unspecified atom stereocenters. The Hall–Kier alpha value is -3.23. The highest BCUT2D eigenvalue weighted by molar-refractivity contribution is 7.99. The lowest BCUT2D eigenvalue weighted by atomic mass is 10.0. The number of hydrogen-bond acceptors (Lipinski definition) is 6. The average Bonchev–Trinajstić information content (AvgIpc) is 3.36. The lowest BCUT2D eigenvalue weighted by molar-refractivity contribution is 0.0953. The maximum Gasteiger partial charge on any atom is 0.251 e. The van der Waals surface area contributed by atoms with Crippen LogP contribution in [0.5, 0.6) is 11.6 Å². The molecule has 1 aliphatic rings. The van der Waals surface area contributed by atoms with Crippen LogP contribution in [-0.4, -0.2) is 45.1 Å². The molecule has 4 aromatic rings. The lowest BCUT2D eigenvalue weighted by Crippen LogP contribution is -2.24. The fourth-order valence-electron chi connectivity index (χ4n) is 4.56. The highest BCUT2D eigenvalue weighted by Gasteiger charge is 2.18. The Morgan fingerprint density at radius 2 is 1.95 bits per heavy atom. The Balaban J connectivity index is 1.49. The molecular weight excluding hydrogens is 518 g/mol. The normalized spacial score (nSPS) is 14.0. The highest BCUT2D eigenvalue weighted by Crippen LogP contribution is 2.31. The first-order valence-corrected chi connectivity index (χ1v) is 14.6. The van der Waals surface area contributed by atoms with Gasteiger partial charge >= 0.3 is 0 Å². The van der Waals surface area contributed by atoms with Crippen LogP contribution in [0.25, 0.3) is 16.9 Å². The van der Waals surface area contributed by atoms with Gasteiger partial charge in [-0.05, 0) is 85.6 Å². The van der Waals surface area contributed by atoms with E-state index in [0.29, 0.717) is 34.7 Å². The zero-order valence-corrected chi connectivity index (χ0v) is 23.2. The molecular formula is C29H32ClN5O2S. The molecule has 5 rings (SSSR count). The number of benzene rings is 2. The van der Waals surface area contributed by atoms with Gasteiger partial charge in [-0.1, -0.05) is 24.6 Å². The molecule has 198 valence electrons. The Labute approximate surface area is 232 Å². The molecule has 0 aliphatic carbocycles. The Morgan fingerprint density at radius 3 is 2.68 bits per heavy atom. The first-order chi connectivity index (χ1) is 18.5. The summed E-state index contributed by atoms with van der Waals surface area (Å²) in [6, 6.07) is 14.9. The van der Waals surface area contributed by atoms with Gasteiger partial charge in [-0.25, -0.2) is 9.50 Å². The maximum atomic E-state index is 12.5. The molecule has 1 fully saturated rings. The molecule has 7 nitrogen and oxygen atoms in total. The summed E-state index contributed by atoms with van der Waals surface area (Å²) in [7, 11) is 0. The highest BCUT2D eigenvalue weighted by atomic mass is 35.5. The number of carbonyl (C=O) groups is 1. The average molecular weight is 550 g/mol. The van der Waals surface area contributed by atoms with Crippen LogP contribution in [0.2, 0.25) is 5.02 Å². The molecule has 2 aromatic heterocycles. The van der Waals surface area contributed by atoms with Gasteiger partial charge in [0.2, 0.25) is 5.88 Å². The van der Waals surface area contributed by atoms with E-state index in [1.165, 1.54) is 24.3 Å². The van der Waals surface area contributed by atoms with Gasteiger partial charge in [-0.3, -0.25) is 4.79 Å². The second-order valence-corrected chi connectivity index (χ2v) is 11.2. The standard InChI is InChI=1S/C29H32ClN5O2S/c1-3-12-31-29(36)24-9-4-21(15-19(24)2)26-18-33-28-25(32-17-20-10-13-38-14-11-20)16-27(34-35(26)28)37-23-7-5-22(30)6-8-23/h4-9,15-16,18,20,32H,3,10-14,17H2,1-2H3,(H,31,36). The maximum absolute atomic E-state index is 12.5. The van der Waals surface area contributed by atoms with Gasteiger partial charge < -0.3 is 15.4 Å². The number of halogens is 1. The van der Waals surface area contributed by atoms with Crippen molar-refractivity contribution in [2.24, 2.45) is 5.92 Å². The monoisotopic (exact) mass is 549 g/mol. The van der Waals surface area contributed by atoms with Crippen LogP contribution < -0.4 is 15.4 Å². The van der Waals surface area contributed by atoms with Gasteiger partial charge in [0.1, 0.15) is 5.75 Å². The summed E-state index contributed by atoms with van der Waals surface area (Å²) in [5, 5.41) is 12.0. The van der Waals surface area contributed by atoms with Crippen LogP contribution in [0.15, 0.2) is 54.7 Å². The third-order valence-electron chi connectivity index (χ3n) is 6.71. The summed E-state index contributed by atoms with van der Waals surface area (Å²) in [4.78, 5) is 17.3. The molecule has 1 saturated heterocycles. The van der Waals surface area contributed by atoms with Crippen molar-refractivity contribution in [2.75, 3.05) is 29.9 Å². The van der Waals surface area contributed by atoms with Crippen LogP contribution in [0.4, 0.5) is 5.69 Å². The topological polar surface area (TPSA) is 80.5 Å². The van der Waals surface area contributed by atoms with Crippen molar-refractivity contribution in [3.63, 3.8) is 0 Å². The number of aryl methyl sites for hydroxylation is 1. The SMILES string of the molecule is CCCNC(=O)c1ccc(-c2cnc3c(NCC4CCSCC4)cc(Oc4ccc(Cl)cc4)nn23)cc1C. The van der Waals surface area contributed by atoms with E-state index < -0.39 is 0 Å². The van der Waals surface area contributed by atoms with E-state index in [0.717, 1.165) is 41.1 Å². The molecule has 2 N–H and O–H groups in total. The second-order valence-electron chi connectivity index (χ2n) is 9.55. The van der Waals surface area contributed by atoms with E-state index in [2.05, 4.69) is 10.6 Å². The van der Waals surface area contributed by atoms with Crippen LogP contribution in [0.1, 0.15) is 42.1 Å². The summed E-state index contributed by atoms with van der Waals surface area (Å²) < 4.78 is 7.95. The second kappa shape index (κ2) is 12.1. The molecule has 3 heterocycles. The first-order valence-electron chi connectivity index (χ1n) is 13.0. The van der Waals surface area contributed by atoms with Crippen molar-refractivity contribution in [3.8, 4) is 22.9 Å². The zero-order valence-electron chi connectivity index (χ0n) is 21.7. The zero-order chi connectivity index (χ0) is 26.5. The van der Waals surface area contributed by atoms with Crippen molar-refractivity contribution in [1.82, 2.24) is 19.9 Å². The predicted molar refractivity (Wildman–Crippen MR) is 156 cm³/mol. The number of imidazole rings is 1. The fourth-order valence-corrected chi connectivity index (χ4v) is 5.89. The summed E-state index contributed by atoms with van der Waals surface area (Å²) in [5.41, 5.74) is 4.92. The van der Waals surface area contributed by atoms with Crippen molar-refractivity contribution in [1.29, 1.82) is 0 Å². The molecule has 0 radical (unpaired) electrons. The summed E-state index contributed by atoms with van der Waals surface area (Å²) in [6.07, 6.45) is 5.14. The van der Waals surface area contributed by atoms with E-state index in [1.807, 2.05) is 72.7 Å². The molecule has 2 aromatic carbocycles. The molecule has 38 heavy (non-hydrogen) atoms. The van der Waals surface area contributed by atoms with Crippen molar-refractivity contribution in [2.45, 2.75) is 33.1 Å². The van der Waals surface area contributed by atoms with Gasteiger partial charge in [0.15, 0.2) is 5.65 Å². The van der Waals surface area contributed by atoms with E-state index in [1.54, 1.807) is 12.1 Å². The molecule has 0 bridgehead atoms. The van der Waals surface area contributed by atoms with Gasteiger partial charge in [0, 0.05) is 35.3 Å². The van der Waals surface area contributed by atoms with Crippen LogP contribution in [-0.2, 0) is 0 Å². The number of carbonyl (C=O) groups excluding carboxylic acids is 1. The third kappa shape index (κ3) is 6.08. The van der Waals surface area contributed by atoms with Gasteiger partial charge in [-0.2, -0.15) is 11.8 Å². The first kappa shape index (κ1) is 26.4. The number of thioether (sulfide) groups is 1. The van der Waals surface area contributed by atoms with Gasteiger partial charge in [0.05, 0.1) is 17.6 Å². The van der Waals surface area contributed by atoms with E-state index in [-0.39, 0.29) is 5.91 Å². The van der Waals surface area contributed by atoms with Crippen molar-refractivity contribution in [3.05, 3.63) is 70.9 Å². The molecule has 0 atom stereocenters. The van der Waals surface area contributed by atoms with Gasteiger partial charge in [0.25, 0.3) is 5.91 Å². The number of amides is 1. The Kier molecular flexibility index (Phi) is 8.39. The summed E-state index contributed by atoms with van der Waals surface area (Å²) >= 11 is 8.08. The van der Waals surface area contributed by atoms with Crippen molar-refractivity contribution >= 4 is 40.6 Å². The number of nitrogens with zero attached hydrogens (tertiary/aromatic N) is 3. The lowest BCUT2D eigenvalue weighted by Gasteiger charge is -2.22.